The molecule has 0 aliphatic carbocycles. The van der Waals surface area contributed by atoms with Gasteiger partial charge in [-0.25, -0.2) is 4.39 Å². The highest BCUT2D eigenvalue weighted by atomic mass is 35.5. The molecule has 2 saturated heterocycles. The first kappa shape index (κ1) is 28.6. The van der Waals surface area contributed by atoms with E-state index in [1.54, 1.807) is 11.8 Å². The summed E-state index contributed by atoms with van der Waals surface area (Å²) in [6.07, 6.45) is 4.38. The van der Waals surface area contributed by atoms with Crippen molar-refractivity contribution in [3.8, 4) is 5.69 Å². The molecule has 0 atom stereocenters. The number of fused-ring (bicyclic) bond motifs is 1. The maximum Gasteiger partial charge on any atom is 0.238 e. The van der Waals surface area contributed by atoms with Gasteiger partial charge in [-0.3, -0.25) is 9.69 Å². The lowest BCUT2D eigenvalue weighted by Gasteiger charge is -2.36. The van der Waals surface area contributed by atoms with Crippen molar-refractivity contribution in [1.82, 2.24) is 14.4 Å². The Morgan fingerprint density at radius 3 is 2.25 bits per heavy atom. The molecule has 3 aromatic rings. The molecule has 2 fully saturated rings. The molecule has 0 spiro atoms. The SMILES string of the molecule is CC1(C)SCN(CCCCN2CCN(c3cn(-c4ccc(F)cc4)c4ccccc34)CC2)C1=O.Cl.Cl. The second kappa shape index (κ2) is 12.1. The molecule has 3 heterocycles. The maximum atomic E-state index is 13.4. The zero-order valence-corrected chi connectivity index (χ0v) is 23.3. The van der Waals surface area contributed by atoms with Crippen LogP contribution in [0.4, 0.5) is 10.1 Å². The van der Waals surface area contributed by atoms with Gasteiger partial charge < -0.3 is 14.4 Å². The molecule has 0 radical (unpaired) electrons. The van der Waals surface area contributed by atoms with Crippen molar-refractivity contribution in [1.29, 1.82) is 0 Å². The Morgan fingerprint density at radius 1 is 0.917 bits per heavy atom. The van der Waals surface area contributed by atoms with Crippen LogP contribution in [-0.2, 0) is 4.79 Å². The third-order valence-corrected chi connectivity index (χ3v) is 8.38. The summed E-state index contributed by atoms with van der Waals surface area (Å²) in [5.74, 6) is 0.896. The fourth-order valence-corrected chi connectivity index (χ4v) is 5.96. The van der Waals surface area contributed by atoms with Gasteiger partial charge in [0.2, 0.25) is 5.91 Å². The minimum absolute atomic E-state index is 0. The third kappa shape index (κ3) is 5.96. The van der Waals surface area contributed by atoms with Crippen LogP contribution in [0.25, 0.3) is 16.6 Å². The minimum Gasteiger partial charge on any atom is -0.367 e. The number of anilines is 1. The molecule has 0 N–H and O–H groups in total. The van der Waals surface area contributed by atoms with E-state index in [2.05, 4.69) is 44.8 Å². The van der Waals surface area contributed by atoms with E-state index in [0.717, 1.165) is 69.2 Å². The maximum absolute atomic E-state index is 13.4. The molecular formula is C27H35Cl2FN4OS. The van der Waals surface area contributed by atoms with Gasteiger partial charge in [0.25, 0.3) is 0 Å². The summed E-state index contributed by atoms with van der Waals surface area (Å²) in [5, 5.41) is 1.23. The van der Waals surface area contributed by atoms with Gasteiger partial charge in [0.1, 0.15) is 5.82 Å². The number of hydrogen-bond donors (Lipinski definition) is 0. The summed E-state index contributed by atoms with van der Waals surface area (Å²) >= 11 is 1.74. The van der Waals surface area contributed by atoms with Crippen molar-refractivity contribution in [3.05, 3.63) is 60.5 Å². The van der Waals surface area contributed by atoms with Crippen LogP contribution in [0.1, 0.15) is 26.7 Å². The van der Waals surface area contributed by atoms with E-state index in [4.69, 9.17) is 0 Å². The topological polar surface area (TPSA) is 31.7 Å². The number of para-hydroxylation sites is 1. The first-order chi connectivity index (χ1) is 16.4. The van der Waals surface area contributed by atoms with E-state index >= 15 is 0 Å². The van der Waals surface area contributed by atoms with E-state index in [1.807, 2.05) is 30.9 Å². The molecule has 2 aromatic carbocycles. The Balaban J connectivity index is 0.00000180. The molecule has 1 amide bonds. The Bertz CT molecular complexity index is 1160. The van der Waals surface area contributed by atoms with Gasteiger partial charge in [-0.1, -0.05) is 18.2 Å². The number of unbranched alkanes of at least 4 members (excludes halogenated alkanes) is 1. The average molecular weight is 554 g/mol. The van der Waals surface area contributed by atoms with E-state index in [1.165, 1.54) is 23.2 Å². The molecule has 0 unspecified atom stereocenters. The lowest BCUT2D eigenvalue weighted by atomic mass is 10.1. The number of piperazine rings is 1. The lowest BCUT2D eigenvalue weighted by molar-refractivity contribution is -0.130. The predicted molar refractivity (Wildman–Crippen MR) is 154 cm³/mol. The fourth-order valence-electron chi connectivity index (χ4n) is 4.99. The number of rotatable bonds is 7. The van der Waals surface area contributed by atoms with Crippen molar-refractivity contribution in [2.75, 3.05) is 50.0 Å². The van der Waals surface area contributed by atoms with Gasteiger partial charge in [0, 0.05) is 50.0 Å². The monoisotopic (exact) mass is 552 g/mol. The summed E-state index contributed by atoms with van der Waals surface area (Å²) in [4.78, 5) is 19.4. The number of carbonyl (C=O) groups excluding carboxylic acids is 1. The second-order valence-corrected chi connectivity index (χ2v) is 11.3. The molecule has 0 saturated carbocycles. The molecule has 0 bridgehead atoms. The highest BCUT2D eigenvalue weighted by molar-refractivity contribution is 8.01. The first-order valence-corrected chi connectivity index (χ1v) is 13.2. The highest BCUT2D eigenvalue weighted by Crippen LogP contribution is 2.35. The zero-order valence-electron chi connectivity index (χ0n) is 20.9. The summed E-state index contributed by atoms with van der Waals surface area (Å²) in [7, 11) is 0. The van der Waals surface area contributed by atoms with E-state index in [-0.39, 0.29) is 41.3 Å². The van der Waals surface area contributed by atoms with Crippen molar-refractivity contribution in [3.63, 3.8) is 0 Å². The summed E-state index contributed by atoms with van der Waals surface area (Å²) in [6.45, 7) is 10.1. The normalized spacial score (nSPS) is 17.8. The second-order valence-electron chi connectivity index (χ2n) is 9.77. The van der Waals surface area contributed by atoms with Gasteiger partial charge in [-0.15, -0.1) is 36.6 Å². The van der Waals surface area contributed by atoms with Gasteiger partial charge in [-0.2, -0.15) is 0 Å². The van der Waals surface area contributed by atoms with Crippen molar-refractivity contribution in [2.45, 2.75) is 31.4 Å². The Labute approximate surface area is 229 Å². The summed E-state index contributed by atoms with van der Waals surface area (Å²) in [5.41, 5.74) is 3.36. The molecule has 9 heteroatoms. The van der Waals surface area contributed by atoms with Gasteiger partial charge in [0.15, 0.2) is 0 Å². The quantitative estimate of drug-likeness (QED) is 0.345. The third-order valence-electron chi connectivity index (χ3n) is 7.04. The number of nitrogens with zero attached hydrogens (tertiary/aromatic N) is 4. The van der Waals surface area contributed by atoms with Crippen molar-refractivity contribution in [2.24, 2.45) is 0 Å². The molecule has 2 aliphatic rings. The van der Waals surface area contributed by atoms with Crippen molar-refractivity contribution >= 4 is 59.1 Å². The number of aromatic nitrogens is 1. The molecule has 5 nitrogen and oxygen atoms in total. The average Bonchev–Trinajstić information content (AvgIpc) is 3.35. The van der Waals surface area contributed by atoms with Crippen LogP contribution in [0, 0.1) is 5.82 Å². The van der Waals surface area contributed by atoms with Crippen LogP contribution in [-0.4, -0.2) is 70.2 Å². The summed E-state index contributed by atoms with van der Waals surface area (Å²) < 4.78 is 15.4. The molecule has 5 rings (SSSR count). The van der Waals surface area contributed by atoms with Crippen LogP contribution in [0.15, 0.2) is 54.7 Å². The fraction of sp³-hybridized carbons (Fsp3) is 0.444. The number of thioether (sulfide) groups is 1. The smallest absolute Gasteiger partial charge is 0.238 e. The van der Waals surface area contributed by atoms with E-state index < -0.39 is 0 Å². The highest BCUT2D eigenvalue weighted by Gasteiger charge is 2.38. The molecular weight excluding hydrogens is 518 g/mol. The molecule has 196 valence electrons. The van der Waals surface area contributed by atoms with E-state index in [9.17, 15) is 9.18 Å². The summed E-state index contributed by atoms with van der Waals surface area (Å²) in [6, 6.07) is 15.1. The first-order valence-electron chi connectivity index (χ1n) is 12.2. The molecule has 2 aliphatic heterocycles. The van der Waals surface area contributed by atoms with Crippen LogP contribution >= 0.6 is 36.6 Å². The van der Waals surface area contributed by atoms with Crippen LogP contribution in [0.3, 0.4) is 0 Å². The number of benzene rings is 2. The van der Waals surface area contributed by atoms with Gasteiger partial charge in [0.05, 0.1) is 21.8 Å². The van der Waals surface area contributed by atoms with Crippen LogP contribution < -0.4 is 4.90 Å². The zero-order chi connectivity index (χ0) is 23.7. The molecule has 36 heavy (non-hydrogen) atoms. The molecule has 1 aromatic heterocycles. The standard InChI is InChI=1S/C27H33FN4OS.2ClH/c1-27(2)26(33)31(20-34-27)14-6-5-13-29-15-17-30(18-16-29)25-19-32(22-11-9-21(28)10-12-22)24-8-4-3-7-23(24)25;;/h3-4,7-12,19H,5-6,13-18,20H2,1-2H3;2*1H. The van der Waals surface area contributed by atoms with E-state index in [0.29, 0.717) is 0 Å². The Hall–Kier alpha value is -1.93. The Kier molecular flexibility index (Phi) is 9.61. The van der Waals surface area contributed by atoms with Crippen LogP contribution in [0.2, 0.25) is 0 Å². The Morgan fingerprint density at radius 2 is 1.58 bits per heavy atom. The van der Waals surface area contributed by atoms with Crippen molar-refractivity contribution < 1.29 is 9.18 Å². The largest absolute Gasteiger partial charge is 0.367 e. The number of halogens is 3. The number of carbonyl (C=O) groups is 1. The lowest BCUT2D eigenvalue weighted by Crippen LogP contribution is -2.46. The minimum atomic E-state index is -0.254. The van der Waals surface area contributed by atoms with Crippen LogP contribution in [0.5, 0.6) is 0 Å². The predicted octanol–water partition coefficient (Wildman–Crippen LogP) is 5.83. The number of hydrogen-bond acceptors (Lipinski definition) is 4. The van der Waals surface area contributed by atoms with Gasteiger partial charge in [-0.05, 0) is 63.6 Å². The number of amides is 1. The van der Waals surface area contributed by atoms with Gasteiger partial charge >= 0.3 is 0 Å².